The van der Waals surface area contributed by atoms with E-state index in [0.29, 0.717) is 11.1 Å². The molecule has 3 aromatic rings. The summed E-state index contributed by atoms with van der Waals surface area (Å²) < 4.78 is 79.6. The maximum absolute atomic E-state index is 14.1. The Morgan fingerprint density at radius 3 is 2.23 bits per heavy atom. The highest BCUT2D eigenvalue weighted by atomic mass is 79.9. The zero-order chi connectivity index (χ0) is 26.5. The van der Waals surface area contributed by atoms with Gasteiger partial charge in [-0.2, -0.15) is 18.2 Å². The number of hydrogen-bond donors (Lipinski definition) is 2. The molecular weight excluding hydrogens is 552 g/mol. The van der Waals surface area contributed by atoms with E-state index in [-0.39, 0.29) is 29.3 Å². The van der Waals surface area contributed by atoms with E-state index in [0.717, 1.165) is 16.7 Å². The van der Waals surface area contributed by atoms with E-state index in [2.05, 4.69) is 20.9 Å². The first kappa shape index (κ1) is 27.9. The number of hydrogen-bond acceptors (Lipinski definition) is 5. The number of carbonyl (C=O) groups is 1. The topological polar surface area (TPSA) is 107 Å². The van der Waals surface area contributed by atoms with Crippen molar-refractivity contribution in [2.75, 3.05) is 0 Å². The van der Waals surface area contributed by atoms with Gasteiger partial charge < -0.3 is 15.6 Å². The van der Waals surface area contributed by atoms with Gasteiger partial charge in [0, 0.05) is 6.54 Å². The summed E-state index contributed by atoms with van der Waals surface area (Å²) in [4.78, 5) is 25.7. The molecule has 188 valence electrons. The van der Waals surface area contributed by atoms with Gasteiger partial charge in [0.15, 0.2) is 0 Å². The Morgan fingerprint density at radius 2 is 1.71 bits per heavy atom. The number of benzene rings is 2. The highest BCUT2D eigenvalue weighted by Crippen LogP contribution is 2.24. The Morgan fingerprint density at radius 1 is 1.14 bits per heavy atom. The fourth-order valence-electron chi connectivity index (χ4n) is 2.72. The first-order chi connectivity index (χ1) is 16.3. The monoisotopic (exact) mass is 567 g/mol. The molecule has 0 aliphatic carbocycles. The summed E-state index contributed by atoms with van der Waals surface area (Å²) in [5, 5.41) is 7.12. The highest BCUT2D eigenvalue weighted by molar-refractivity contribution is 9.10. The summed E-state index contributed by atoms with van der Waals surface area (Å²) in [6.45, 7) is 1.52. The number of alkyl halides is 3. The van der Waals surface area contributed by atoms with Crippen molar-refractivity contribution in [1.29, 1.82) is 0 Å². The van der Waals surface area contributed by atoms with Crippen molar-refractivity contribution < 1.29 is 41.0 Å². The number of aromatic nitrogens is 2. The number of nitrogens with zero attached hydrogens (tertiary/aromatic N) is 2. The van der Waals surface area contributed by atoms with Gasteiger partial charge in [0.05, 0.1) is 0 Å². The Kier molecular flexibility index (Phi) is 9.04. The van der Waals surface area contributed by atoms with E-state index in [1.54, 1.807) is 0 Å². The standard InChI is InChI=1S/C19H15BrF3N3O2.C2HF3O2/c1-10-25-18(28-9-11-5-6-13(21)7-12(11)8-24)16(20)19(27)26(10)17-14(22)3-2-4-15(17)23;3-2(4,5)1(6)7/h2-7H,8-9,24H2,1H3;(H,6,7). The van der Waals surface area contributed by atoms with Gasteiger partial charge in [-0.3, -0.25) is 9.36 Å². The van der Waals surface area contributed by atoms with Crippen LogP contribution in [-0.4, -0.2) is 26.8 Å². The third kappa shape index (κ3) is 6.82. The molecule has 0 fully saturated rings. The molecule has 2 aromatic carbocycles. The summed E-state index contributed by atoms with van der Waals surface area (Å²) >= 11 is 3.08. The molecule has 0 saturated heterocycles. The fourth-order valence-corrected chi connectivity index (χ4v) is 3.10. The smallest absolute Gasteiger partial charge is 0.475 e. The van der Waals surface area contributed by atoms with Crippen LogP contribution in [0.5, 0.6) is 5.88 Å². The summed E-state index contributed by atoms with van der Waals surface area (Å²) in [5.74, 6) is -4.99. The van der Waals surface area contributed by atoms with E-state index in [1.165, 1.54) is 31.2 Å². The number of para-hydroxylation sites is 1. The van der Waals surface area contributed by atoms with E-state index < -0.39 is 40.8 Å². The molecule has 0 radical (unpaired) electrons. The minimum atomic E-state index is -5.08. The number of halogens is 7. The lowest BCUT2D eigenvalue weighted by molar-refractivity contribution is -0.192. The normalized spacial score (nSPS) is 11.0. The second-order valence-corrected chi connectivity index (χ2v) is 7.49. The lowest BCUT2D eigenvalue weighted by Gasteiger charge is -2.15. The van der Waals surface area contributed by atoms with Gasteiger partial charge in [-0.15, -0.1) is 0 Å². The molecule has 1 heterocycles. The Balaban J connectivity index is 0.000000540. The first-order valence-electron chi connectivity index (χ1n) is 9.41. The quantitative estimate of drug-likeness (QED) is 0.443. The third-order valence-corrected chi connectivity index (χ3v) is 5.00. The minimum Gasteiger partial charge on any atom is -0.475 e. The van der Waals surface area contributed by atoms with Gasteiger partial charge in [0.25, 0.3) is 5.56 Å². The molecule has 0 saturated carbocycles. The van der Waals surface area contributed by atoms with Crippen LogP contribution in [0.25, 0.3) is 5.69 Å². The number of ether oxygens (including phenoxy) is 1. The molecule has 3 N–H and O–H groups in total. The average Bonchev–Trinajstić information content (AvgIpc) is 2.77. The second-order valence-electron chi connectivity index (χ2n) is 6.70. The van der Waals surface area contributed by atoms with Crippen LogP contribution in [0.4, 0.5) is 26.3 Å². The highest BCUT2D eigenvalue weighted by Gasteiger charge is 2.38. The molecule has 0 amide bonds. The van der Waals surface area contributed by atoms with Crippen LogP contribution < -0.4 is 16.0 Å². The van der Waals surface area contributed by atoms with Crippen LogP contribution in [0.2, 0.25) is 0 Å². The number of carboxylic acid groups (broad SMARTS) is 1. The zero-order valence-electron chi connectivity index (χ0n) is 17.7. The van der Waals surface area contributed by atoms with Gasteiger partial charge in [-0.25, -0.2) is 18.0 Å². The predicted molar refractivity (Wildman–Crippen MR) is 115 cm³/mol. The van der Waals surface area contributed by atoms with Gasteiger partial charge in [-0.05, 0) is 58.2 Å². The zero-order valence-corrected chi connectivity index (χ0v) is 19.3. The Labute approximate surface area is 201 Å². The van der Waals surface area contributed by atoms with Gasteiger partial charge in [0.2, 0.25) is 5.88 Å². The molecule has 0 spiro atoms. The number of rotatable bonds is 5. The SMILES string of the molecule is Cc1nc(OCc2ccc(F)cc2CN)c(Br)c(=O)n1-c1c(F)cccc1F.O=C(O)C(F)(F)F. The molecule has 35 heavy (non-hydrogen) atoms. The Hall–Kier alpha value is -3.39. The molecule has 7 nitrogen and oxygen atoms in total. The number of aryl methyl sites for hydroxylation is 1. The van der Waals surface area contributed by atoms with Gasteiger partial charge in [-0.1, -0.05) is 12.1 Å². The van der Waals surface area contributed by atoms with Crippen LogP contribution in [0.15, 0.2) is 45.7 Å². The first-order valence-corrected chi connectivity index (χ1v) is 10.2. The van der Waals surface area contributed by atoms with Crippen molar-refractivity contribution in [3.05, 3.63) is 85.6 Å². The number of aliphatic carboxylic acids is 1. The fraction of sp³-hybridized carbons (Fsp3) is 0.190. The van der Waals surface area contributed by atoms with Crippen LogP contribution in [0, 0.1) is 24.4 Å². The molecule has 0 aliphatic heterocycles. The summed E-state index contributed by atoms with van der Waals surface area (Å²) in [6.07, 6.45) is -5.08. The molecule has 0 atom stereocenters. The van der Waals surface area contributed by atoms with Crippen molar-refractivity contribution in [3.8, 4) is 11.6 Å². The maximum Gasteiger partial charge on any atom is 0.490 e. The summed E-state index contributed by atoms with van der Waals surface area (Å²) in [6, 6.07) is 7.38. The second kappa shape index (κ2) is 11.4. The largest absolute Gasteiger partial charge is 0.490 e. The van der Waals surface area contributed by atoms with Crippen molar-refractivity contribution in [3.63, 3.8) is 0 Å². The van der Waals surface area contributed by atoms with Crippen molar-refractivity contribution in [1.82, 2.24) is 9.55 Å². The molecule has 14 heteroatoms. The van der Waals surface area contributed by atoms with Crippen molar-refractivity contribution in [2.24, 2.45) is 5.73 Å². The average molecular weight is 568 g/mol. The molecule has 0 aliphatic rings. The molecule has 3 rings (SSSR count). The molecule has 0 unspecified atom stereocenters. The number of nitrogens with two attached hydrogens (primary N) is 1. The van der Waals surface area contributed by atoms with E-state index in [1.807, 2.05) is 0 Å². The van der Waals surface area contributed by atoms with Crippen LogP contribution >= 0.6 is 15.9 Å². The summed E-state index contributed by atoms with van der Waals surface area (Å²) in [5.41, 5.74) is 5.53. The Bertz CT molecular complexity index is 1280. The summed E-state index contributed by atoms with van der Waals surface area (Å²) in [7, 11) is 0. The predicted octanol–water partition coefficient (Wildman–Crippen LogP) is 4.39. The van der Waals surface area contributed by atoms with Gasteiger partial charge >= 0.3 is 12.1 Å². The lowest BCUT2D eigenvalue weighted by atomic mass is 10.1. The molecular formula is C21H16BrF6N3O4. The maximum atomic E-state index is 14.1. The van der Waals surface area contributed by atoms with Crippen molar-refractivity contribution >= 4 is 21.9 Å². The van der Waals surface area contributed by atoms with E-state index in [4.69, 9.17) is 20.4 Å². The lowest BCUT2D eigenvalue weighted by Crippen LogP contribution is -2.25. The molecule has 0 bridgehead atoms. The van der Waals surface area contributed by atoms with E-state index >= 15 is 0 Å². The van der Waals surface area contributed by atoms with Gasteiger partial charge in [0.1, 0.15) is 40.0 Å². The van der Waals surface area contributed by atoms with Crippen molar-refractivity contribution in [2.45, 2.75) is 26.3 Å². The van der Waals surface area contributed by atoms with E-state index in [9.17, 15) is 31.1 Å². The van der Waals surface area contributed by atoms with Crippen LogP contribution in [0.1, 0.15) is 17.0 Å². The minimum absolute atomic E-state index is 0.0185. The van der Waals surface area contributed by atoms with Crippen LogP contribution in [0.3, 0.4) is 0 Å². The molecule has 1 aromatic heterocycles. The van der Waals surface area contributed by atoms with Crippen LogP contribution in [-0.2, 0) is 17.9 Å². The third-order valence-electron chi connectivity index (χ3n) is 4.32. The number of carboxylic acids is 1.